The summed E-state index contributed by atoms with van der Waals surface area (Å²) in [6.45, 7) is 0.533. The number of phenols is 1. The Balaban J connectivity index is 1.77. The fourth-order valence-electron chi connectivity index (χ4n) is 3.78. The van der Waals surface area contributed by atoms with Gasteiger partial charge < -0.3 is 5.11 Å². The minimum atomic E-state index is -3.36. The molecule has 0 amide bonds. The summed E-state index contributed by atoms with van der Waals surface area (Å²) in [5, 5.41) is 11.0. The highest BCUT2D eigenvalue weighted by Crippen LogP contribution is 2.32. The Morgan fingerprint density at radius 2 is 1.90 bits per heavy atom. The number of benzene rings is 2. The normalized spacial score (nSPS) is 16.6. The highest BCUT2D eigenvalue weighted by molar-refractivity contribution is 7.89. The van der Waals surface area contributed by atoms with E-state index in [1.54, 1.807) is 18.3 Å². The number of sulfonamides is 1. The van der Waals surface area contributed by atoms with Crippen LogP contribution in [0.2, 0.25) is 0 Å². The van der Waals surface area contributed by atoms with Gasteiger partial charge in [0.1, 0.15) is 11.3 Å². The summed E-state index contributed by atoms with van der Waals surface area (Å²) in [6.07, 6.45) is 4.06. The maximum Gasteiger partial charge on any atom is 0.214 e. The van der Waals surface area contributed by atoms with Gasteiger partial charge in [0.15, 0.2) is 12.0 Å². The number of halogens is 1. The Morgan fingerprint density at radius 1 is 1.13 bits per heavy atom. The van der Waals surface area contributed by atoms with Gasteiger partial charge in [0, 0.05) is 24.7 Å². The number of aromatic hydroxyl groups is 1. The Morgan fingerprint density at radius 3 is 2.60 bits per heavy atom. The molecule has 1 N–H and O–H groups in total. The van der Waals surface area contributed by atoms with Crippen molar-refractivity contribution in [3.8, 4) is 5.75 Å². The zero-order valence-corrected chi connectivity index (χ0v) is 17.0. The van der Waals surface area contributed by atoms with Crippen molar-refractivity contribution in [1.82, 2.24) is 9.29 Å². The maximum absolute atomic E-state index is 13.2. The van der Waals surface area contributed by atoms with E-state index in [4.69, 9.17) is 0 Å². The topological polar surface area (TPSA) is 87.6 Å². The Bertz CT molecular complexity index is 1210. The van der Waals surface area contributed by atoms with E-state index < -0.39 is 10.0 Å². The molecule has 1 saturated heterocycles. The maximum atomic E-state index is 13.2. The molecule has 0 radical (unpaired) electrons. The molecule has 1 aliphatic rings. The molecule has 6 nitrogen and oxygen atoms in total. The summed E-state index contributed by atoms with van der Waals surface area (Å²) < 4.78 is 39.5. The Kier molecular flexibility index (Phi) is 5.53. The molecular formula is C22H21FN2O4S. The molecule has 0 spiro atoms. The van der Waals surface area contributed by atoms with Crippen molar-refractivity contribution in [2.45, 2.75) is 25.8 Å². The van der Waals surface area contributed by atoms with Crippen LogP contribution in [0.15, 0.2) is 42.6 Å². The smallest absolute Gasteiger partial charge is 0.214 e. The Hall–Kier alpha value is -2.84. The molecule has 2 aromatic carbocycles. The van der Waals surface area contributed by atoms with Gasteiger partial charge in [0.25, 0.3) is 0 Å². The first-order chi connectivity index (χ1) is 14.4. The molecule has 1 aliphatic heterocycles. The first-order valence-electron chi connectivity index (χ1n) is 9.68. The molecular weight excluding hydrogens is 407 g/mol. The van der Waals surface area contributed by atoms with Crippen molar-refractivity contribution in [3.05, 3.63) is 70.7 Å². The van der Waals surface area contributed by atoms with Crippen molar-refractivity contribution in [3.63, 3.8) is 0 Å². The number of aldehydes is 1. The average molecular weight is 428 g/mol. The Labute approximate surface area is 174 Å². The first kappa shape index (κ1) is 20.4. The van der Waals surface area contributed by atoms with Gasteiger partial charge in [-0.1, -0.05) is 12.1 Å². The molecule has 1 fully saturated rings. The molecule has 0 saturated carbocycles. The van der Waals surface area contributed by atoms with E-state index >= 15 is 0 Å². The standard InChI is InChI=1S/C22H21FN2O4S/c23-19-5-3-15(4-6-19)9-16-10-20-17(13-25-7-1-2-8-30(25,28)29)11-18(14-26)22(27)21(20)24-12-16/h3-6,10-12,14,27H,1-2,7-9,13H2. The van der Waals surface area contributed by atoms with Crippen molar-refractivity contribution in [2.75, 3.05) is 12.3 Å². The van der Waals surface area contributed by atoms with E-state index in [0.29, 0.717) is 36.6 Å². The van der Waals surface area contributed by atoms with E-state index in [9.17, 15) is 22.7 Å². The van der Waals surface area contributed by atoms with Gasteiger partial charge in [0.2, 0.25) is 10.0 Å². The number of carbonyl (C=O) groups is 1. The lowest BCUT2D eigenvalue weighted by Gasteiger charge is -2.27. The van der Waals surface area contributed by atoms with Crippen LogP contribution in [-0.2, 0) is 23.0 Å². The molecule has 8 heteroatoms. The molecule has 30 heavy (non-hydrogen) atoms. The molecule has 0 bridgehead atoms. The lowest BCUT2D eigenvalue weighted by atomic mass is 9.99. The number of phenolic OH excluding ortho intramolecular Hbond substituents is 1. The highest BCUT2D eigenvalue weighted by atomic mass is 32.2. The lowest BCUT2D eigenvalue weighted by Crippen LogP contribution is -2.37. The van der Waals surface area contributed by atoms with Crippen LogP contribution in [0.1, 0.15) is 39.9 Å². The van der Waals surface area contributed by atoms with Crippen LogP contribution < -0.4 is 0 Å². The third-order valence-corrected chi connectivity index (χ3v) is 7.27. The number of rotatable bonds is 5. The lowest BCUT2D eigenvalue weighted by molar-refractivity contribution is 0.112. The van der Waals surface area contributed by atoms with Crippen LogP contribution in [0.25, 0.3) is 10.9 Å². The van der Waals surface area contributed by atoms with Crippen molar-refractivity contribution < 1.29 is 22.7 Å². The molecule has 0 aliphatic carbocycles. The SMILES string of the molecule is O=Cc1cc(CN2CCCCS2(=O)=O)c2cc(Cc3ccc(F)cc3)cnc2c1O. The molecule has 0 atom stereocenters. The second-order valence-electron chi connectivity index (χ2n) is 7.49. The highest BCUT2D eigenvalue weighted by Gasteiger charge is 2.27. The minimum absolute atomic E-state index is 0.0747. The summed E-state index contributed by atoms with van der Waals surface area (Å²) >= 11 is 0. The monoisotopic (exact) mass is 428 g/mol. The second-order valence-corrected chi connectivity index (χ2v) is 9.58. The first-order valence-corrected chi connectivity index (χ1v) is 11.3. The van der Waals surface area contributed by atoms with Crippen molar-refractivity contribution >= 4 is 27.2 Å². The van der Waals surface area contributed by atoms with E-state index in [2.05, 4.69) is 4.98 Å². The molecule has 156 valence electrons. The van der Waals surface area contributed by atoms with Crippen LogP contribution in [0.3, 0.4) is 0 Å². The number of pyridine rings is 1. The van der Waals surface area contributed by atoms with Gasteiger partial charge in [-0.05, 0) is 60.2 Å². The van der Waals surface area contributed by atoms with E-state index in [1.807, 2.05) is 6.07 Å². The van der Waals surface area contributed by atoms with Crippen LogP contribution in [0.5, 0.6) is 5.75 Å². The van der Waals surface area contributed by atoms with Crippen LogP contribution in [-0.4, -0.2) is 41.4 Å². The third-order valence-electron chi connectivity index (χ3n) is 5.37. The summed E-state index contributed by atoms with van der Waals surface area (Å²) in [4.78, 5) is 15.8. The zero-order valence-electron chi connectivity index (χ0n) is 16.2. The molecule has 0 unspecified atom stereocenters. The second kappa shape index (κ2) is 8.12. The molecule has 1 aromatic heterocycles. The number of hydrogen-bond donors (Lipinski definition) is 1. The summed E-state index contributed by atoms with van der Waals surface area (Å²) in [5.74, 6) is -0.428. The van der Waals surface area contributed by atoms with Gasteiger partial charge in [0.05, 0.1) is 11.3 Å². The minimum Gasteiger partial charge on any atom is -0.505 e. The van der Waals surface area contributed by atoms with Crippen molar-refractivity contribution in [1.29, 1.82) is 0 Å². The van der Waals surface area contributed by atoms with E-state index in [0.717, 1.165) is 17.5 Å². The molecule has 3 aromatic rings. The quantitative estimate of drug-likeness (QED) is 0.630. The van der Waals surface area contributed by atoms with Gasteiger partial charge in [-0.2, -0.15) is 4.31 Å². The number of aromatic nitrogens is 1. The van der Waals surface area contributed by atoms with Gasteiger partial charge >= 0.3 is 0 Å². The summed E-state index contributed by atoms with van der Waals surface area (Å²) in [7, 11) is -3.36. The van der Waals surface area contributed by atoms with Crippen LogP contribution >= 0.6 is 0 Å². The molecule has 2 heterocycles. The number of fused-ring (bicyclic) bond motifs is 1. The van der Waals surface area contributed by atoms with Gasteiger partial charge in [-0.25, -0.2) is 12.8 Å². The van der Waals surface area contributed by atoms with E-state index in [1.165, 1.54) is 22.5 Å². The number of hydrogen-bond acceptors (Lipinski definition) is 5. The summed E-state index contributed by atoms with van der Waals surface area (Å²) in [6, 6.07) is 9.52. The largest absolute Gasteiger partial charge is 0.505 e. The predicted octanol–water partition coefficient (Wildman–Crippen LogP) is 3.41. The zero-order chi connectivity index (χ0) is 21.3. The number of nitrogens with zero attached hydrogens (tertiary/aromatic N) is 2. The van der Waals surface area contributed by atoms with Crippen LogP contribution in [0, 0.1) is 5.82 Å². The average Bonchev–Trinajstić information content (AvgIpc) is 2.73. The third kappa shape index (κ3) is 4.06. The van der Waals surface area contributed by atoms with Gasteiger partial charge in [-0.15, -0.1) is 0 Å². The molecule has 4 rings (SSSR count). The van der Waals surface area contributed by atoms with Gasteiger partial charge in [-0.3, -0.25) is 9.78 Å². The summed E-state index contributed by atoms with van der Waals surface area (Å²) in [5.41, 5.74) is 2.67. The fourth-order valence-corrected chi connectivity index (χ4v) is 5.35. The van der Waals surface area contributed by atoms with Crippen LogP contribution in [0.4, 0.5) is 4.39 Å². The van der Waals surface area contributed by atoms with E-state index in [-0.39, 0.29) is 34.9 Å². The van der Waals surface area contributed by atoms with Crippen molar-refractivity contribution in [2.24, 2.45) is 0 Å². The predicted molar refractivity (Wildman–Crippen MR) is 111 cm³/mol. The number of carbonyl (C=O) groups excluding carboxylic acids is 1. The fraction of sp³-hybridized carbons (Fsp3) is 0.273.